The highest BCUT2D eigenvalue weighted by molar-refractivity contribution is 5.68. The van der Waals surface area contributed by atoms with Crippen molar-refractivity contribution in [2.45, 2.75) is 70.6 Å². The number of nitrogens with zero attached hydrogens (tertiary/aromatic N) is 1. The SMILES string of the molecule is Cc1cccc([C@H]2CCC(NC(=O)OC(C)(C)C)[C@@H](N(C)C)C2)c1. The predicted octanol–water partition coefficient (Wildman–Crippen LogP) is 4.09. The number of carbonyl (C=O) groups excluding carboxylic acids is 1. The van der Waals surface area contributed by atoms with Crippen LogP contribution in [0.1, 0.15) is 57.1 Å². The van der Waals surface area contributed by atoms with Crippen LogP contribution in [-0.2, 0) is 4.74 Å². The summed E-state index contributed by atoms with van der Waals surface area (Å²) in [6, 6.07) is 9.25. The molecule has 0 aromatic heterocycles. The Bertz CT molecular complexity index is 563. The van der Waals surface area contributed by atoms with Crippen LogP contribution in [0.3, 0.4) is 0 Å². The number of hydrogen-bond donors (Lipinski definition) is 1. The van der Waals surface area contributed by atoms with Crippen LogP contribution < -0.4 is 5.32 Å². The van der Waals surface area contributed by atoms with Crippen molar-refractivity contribution in [2.24, 2.45) is 0 Å². The number of hydrogen-bond acceptors (Lipinski definition) is 3. The molecule has 4 nitrogen and oxygen atoms in total. The van der Waals surface area contributed by atoms with E-state index in [-0.39, 0.29) is 12.1 Å². The molecule has 0 aliphatic heterocycles. The zero-order chi connectivity index (χ0) is 17.9. The maximum absolute atomic E-state index is 12.1. The monoisotopic (exact) mass is 332 g/mol. The molecule has 1 aliphatic rings. The first kappa shape index (κ1) is 18.8. The van der Waals surface area contributed by atoms with Gasteiger partial charge in [0.25, 0.3) is 0 Å². The van der Waals surface area contributed by atoms with Crippen molar-refractivity contribution in [3.8, 4) is 0 Å². The fourth-order valence-electron chi connectivity index (χ4n) is 3.57. The third kappa shape index (κ3) is 5.23. The summed E-state index contributed by atoms with van der Waals surface area (Å²) in [6.07, 6.45) is 2.81. The summed E-state index contributed by atoms with van der Waals surface area (Å²) in [6.45, 7) is 7.82. The highest BCUT2D eigenvalue weighted by Crippen LogP contribution is 2.35. The largest absolute Gasteiger partial charge is 0.444 e. The van der Waals surface area contributed by atoms with Gasteiger partial charge >= 0.3 is 6.09 Å². The highest BCUT2D eigenvalue weighted by Gasteiger charge is 2.34. The lowest BCUT2D eigenvalue weighted by molar-refractivity contribution is 0.0445. The predicted molar refractivity (Wildman–Crippen MR) is 98.4 cm³/mol. The fraction of sp³-hybridized carbons (Fsp3) is 0.650. The zero-order valence-electron chi connectivity index (χ0n) is 15.9. The Balaban J connectivity index is 2.04. The summed E-state index contributed by atoms with van der Waals surface area (Å²) in [5, 5.41) is 3.09. The summed E-state index contributed by atoms with van der Waals surface area (Å²) in [5.41, 5.74) is 2.26. The van der Waals surface area contributed by atoms with Gasteiger partial charge in [0.2, 0.25) is 0 Å². The Morgan fingerprint density at radius 1 is 1.25 bits per heavy atom. The van der Waals surface area contributed by atoms with Gasteiger partial charge in [-0.25, -0.2) is 4.79 Å². The molecule has 0 radical (unpaired) electrons. The molecular weight excluding hydrogens is 300 g/mol. The Hall–Kier alpha value is -1.55. The van der Waals surface area contributed by atoms with E-state index in [0.717, 1.165) is 19.3 Å². The molecule has 0 bridgehead atoms. The third-order valence-electron chi connectivity index (χ3n) is 4.70. The van der Waals surface area contributed by atoms with Crippen molar-refractivity contribution in [3.63, 3.8) is 0 Å². The lowest BCUT2D eigenvalue weighted by atomic mass is 9.78. The van der Waals surface area contributed by atoms with Crippen molar-refractivity contribution in [1.82, 2.24) is 10.2 Å². The second-order valence-corrected chi connectivity index (χ2v) is 8.21. The van der Waals surface area contributed by atoms with Gasteiger partial charge in [-0.3, -0.25) is 0 Å². The Labute approximate surface area is 146 Å². The molecule has 1 amide bonds. The molecule has 1 fully saturated rings. The summed E-state index contributed by atoms with van der Waals surface area (Å²) in [7, 11) is 4.18. The number of aryl methyl sites for hydroxylation is 1. The number of alkyl carbamates (subject to hydrolysis) is 1. The number of likely N-dealkylation sites (N-methyl/N-ethyl adjacent to an activating group) is 1. The van der Waals surface area contributed by atoms with Crippen LogP contribution in [0.2, 0.25) is 0 Å². The Kier molecular flexibility index (Phi) is 5.92. The number of benzene rings is 1. The molecule has 1 aliphatic carbocycles. The van der Waals surface area contributed by atoms with Crippen LogP contribution in [0.5, 0.6) is 0 Å². The van der Waals surface area contributed by atoms with Gasteiger partial charge < -0.3 is 15.0 Å². The van der Waals surface area contributed by atoms with E-state index in [4.69, 9.17) is 4.74 Å². The minimum absolute atomic E-state index is 0.135. The molecule has 4 heteroatoms. The van der Waals surface area contributed by atoms with Crippen LogP contribution in [0.25, 0.3) is 0 Å². The standard InChI is InChI=1S/C20H32N2O2/c1-14-8-7-9-15(12-14)16-10-11-17(18(13-16)22(5)6)21-19(23)24-20(2,3)4/h7-9,12,16-18H,10-11,13H2,1-6H3,(H,21,23)/t16-,17?,18-/m0/s1. The van der Waals surface area contributed by atoms with Crippen molar-refractivity contribution < 1.29 is 9.53 Å². The molecule has 1 saturated carbocycles. The molecule has 1 aromatic rings. The quantitative estimate of drug-likeness (QED) is 0.906. The lowest BCUT2D eigenvalue weighted by Gasteiger charge is -2.40. The fourth-order valence-corrected chi connectivity index (χ4v) is 3.57. The first-order valence-electron chi connectivity index (χ1n) is 8.88. The molecular formula is C20H32N2O2. The van der Waals surface area contributed by atoms with Gasteiger partial charge in [0.15, 0.2) is 0 Å². The van der Waals surface area contributed by atoms with Gasteiger partial charge in [-0.05, 0) is 72.5 Å². The van der Waals surface area contributed by atoms with E-state index < -0.39 is 5.60 Å². The Morgan fingerprint density at radius 3 is 2.54 bits per heavy atom. The highest BCUT2D eigenvalue weighted by atomic mass is 16.6. The Morgan fingerprint density at radius 2 is 1.96 bits per heavy atom. The number of nitrogens with one attached hydrogen (secondary N) is 1. The maximum Gasteiger partial charge on any atom is 0.407 e. The van der Waals surface area contributed by atoms with Gasteiger partial charge in [0.05, 0.1) is 0 Å². The van der Waals surface area contributed by atoms with Gasteiger partial charge in [-0.2, -0.15) is 0 Å². The molecule has 1 N–H and O–H groups in total. The normalized spacial score (nSPS) is 24.7. The van der Waals surface area contributed by atoms with Gasteiger partial charge in [0, 0.05) is 12.1 Å². The van der Waals surface area contributed by atoms with Gasteiger partial charge in [-0.1, -0.05) is 29.8 Å². The molecule has 1 aromatic carbocycles. The smallest absolute Gasteiger partial charge is 0.407 e. The van der Waals surface area contributed by atoms with Crippen molar-refractivity contribution >= 4 is 6.09 Å². The molecule has 0 heterocycles. The van der Waals surface area contributed by atoms with Crippen molar-refractivity contribution in [2.75, 3.05) is 14.1 Å². The molecule has 24 heavy (non-hydrogen) atoms. The van der Waals surface area contributed by atoms with E-state index in [1.807, 2.05) is 20.8 Å². The molecule has 1 unspecified atom stereocenters. The van der Waals surface area contributed by atoms with Crippen LogP contribution in [-0.4, -0.2) is 42.8 Å². The zero-order valence-corrected chi connectivity index (χ0v) is 15.9. The maximum atomic E-state index is 12.1. The third-order valence-corrected chi connectivity index (χ3v) is 4.70. The average Bonchev–Trinajstić information content (AvgIpc) is 2.45. The molecule has 134 valence electrons. The van der Waals surface area contributed by atoms with E-state index >= 15 is 0 Å². The van der Waals surface area contributed by atoms with Crippen molar-refractivity contribution in [3.05, 3.63) is 35.4 Å². The number of rotatable bonds is 3. The van der Waals surface area contributed by atoms with Crippen LogP contribution >= 0.6 is 0 Å². The topological polar surface area (TPSA) is 41.6 Å². The van der Waals surface area contributed by atoms with Gasteiger partial charge in [0.1, 0.15) is 5.60 Å². The molecule has 0 saturated heterocycles. The first-order valence-corrected chi connectivity index (χ1v) is 8.88. The van der Waals surface area contributed by atoms with E-state index in [0.29, 0.717) is 12.0 Å². The summed E-state index contributed by atoms with van der Waals surface area (Å²) >= 11 is 0. The van der Waals surface area contributed by atoms with Crippen LogP contribution in [0.4, 0.5) is 4.79 Å². The van der Waals surface area contributed by atoms with E-state index in [2.05, 4.69) is 55.5 Å². The van der Waals surface area contributed by atoms with Gasteiger partial charge in [-0.15, -0.1) is 0 Å². The number of amides is 1. The van der Waals surface area contributed by atoms with Crippen LogP contribution in [0.15, 0.2) is 24.3 Å². The summed E-state index contributed by atoms with van der Waals surface area (Å²) in [5.74, 6) is 0.550. The lowest BCUT2D eigenvalue weighted by Crippen LogP contribution is -2.53. The van der Waals surface area contributed by atoms with E-state index in [1.54, 1.807) is 0 Å². The summed E-state index contributed by atoms with van der Waals surface area (Å²) in [4.78, 5) is 14.4. The summed E-state index contributed by atoms with van der Waals surface area (Å²) < 4.78 is 5.43. The second-order valence-electron chi connectivity index (χ2n) is 8.21. The number of carbonyl (C=O) groups is 1. The minimum Gasteiger partial charge on any atom is -0.444 e. The average molecular weight is 332 g/mol. The van der Waals surface area contributed by atoms with E-state index in [1.165, 1.54) is 11.1 Å². The first-order chi connectivity index (χ1) is 11.2. The van der Waals surface area contributed by atoms with E-state index in [9.17, 15) is 4.79 Å². The minimum atomic E-state index is -0.462. The molecule has 0 spiro atoms. The van der Waals surface area contributed by atoms with Crippen LogP contribution in [0, 0.1) is 6.92 Å². The molecule has 2 rings (SSSR count). The van der Waals surface area contributed by atoms with Crippen molar-refractivity contribution in [1.29, 1.82) is 0 Å². The molecule has 3 atom stereocenters. The number of ether oxygens (including phenoxy) is 1. The second kappa shape index (κ2) is 7.56.